The lowest BCUT2D eigenvalue weighted by atomic mass is 9.78. The Labute approximate surface area is 175 Å². The third-order valence-corrected chi connectivity index (χ3v) is 7.45. The van der Waals surface area contributed by atoms with Crippen molar-refractivity contribution in [1.29, 1.82) is 0 Å². The molecule has 2 amide bonds. The van der Waals surface area contributed by atoms with E-state index in [9.17, 15) is 9.59 Å². The van der Waals surface area contributed by atoms with Crippen molar-refractivity contribution >= 4 is 11.8 Å². The first-order valence-electron chi connectivity index (χ1n) is 11.8. The minimum Gasteiger partial charge on any atom is -0.343 e. The average Bonchev–Trinajstić information content (AvgIpc) is 2.78. The molecule has 2 saturated heterocycles. The second-order valence-electron chi connectivity index (χ2n) is 9.36. The van der Waals surface area contributed by atoms with Crippen LogP contribution in [-0.2, 0) is 16.0 Å². The molecule has 3 fully saturated rings. The zero-order chi connectivity index (χ0) is 20.1. The van der Waals surface area contributed by atoms with Crippen LogP contribution in [0.3, 0.4) is 0 Å². The lowest BCUT2D eigenvalue weighted by Crippen LogP contribution is -2.49. The summed E-state index contributed by atoms with van der Waals surface area (Å²) in [6.45, 7) is 2.59. The van der Waals surface area contributed by atoms with Crippen LogP contribution in [0.25, 0.3) is 0 Å². The summed E-state index contributed by atoms with van der Waals surface area (Å²) >= 11 is 0. The molecule has 0 spiro atoms. The molecule has 0 N–H and O–H groups in total. The molecule has 1 saturated carbocycles. The quantitative estimate of drug-likeness (QED) is 0.739. The Balaban J connectivity index is 1.20. The molecule has 1 aromatic rings. The van der Waals surface area contributed by atoms with Crippen LogP contribution in [0, 0.1) is 11.8 Å². The van der Waals surface area contributed by atoms with Gasteiger partial charge in [0.05, 0.1) is 0 Å². The average molecular weight is 397 g/mol. The number of amides is 2. The Bertz CT molecular complexity index is 679. The number of likely N-dealkylation sites (tertiary alicyclic amines) is 2. The van der Waals surface area contributed by atoms with E-state index in [-0.39, 0.29) is 11.8 Å². The number of carbonyl (C=O) groups is 2. The maximum Gasteiger partial charge on any atom is 0.223 e. The molecule has 2 unspecified atom stereocenters. The fraction of sp³-hybridized carbons (Fsp3) is 0.680. The van der Waals surface area contributed by atoms with Gasteiger partial charge in [-0.15, -0.1) is 0 Å². The van der Waals surface area contributed by atoms with Gasteiger partial charge in [0.2, 0.25) is 11.8 Å². The van der Waals surface area contributed by atoms with Gasteiger partial charge in [-0.25, -0.2) is 0 Å². The van der Waals surface area contributed by atoms with Crippen LogP contribution >= 0.6 is 0 Å². The zero-order valence-electron chi connectivity index (χ0n) is 17.7. The predicted octanol–water partition coefficient (Wildman–Crippen LogP) is 4.43. The number of fused-ring (bicyclic) bond motifs is 1. The van der Waals surface area contributed by atoms with Gasteiger partial charge in [0.25, 0.3) is 0 Å². The Hall–Kier alpha value is -1.84. The van der Waals surface area contributed by atoms with E-state index in [1.165, 1.54) is 37.7 Å². The van der Waals surface area contributed by atoms with Gasteiger partial charge in [-0.05, 0) is 62.3 Å². The van der Waals surface area contributed by atoms with Crippen molar-refractivity contribution in [3.63, 3.8) is 0 Å². The minimum atomic E-state index is 0.175. The lowest BCUT2D eigenvalue weighted by Gasteiger charge is -2.44. The number of hydrogen-bond donors (Lipinski definition) is 0. The molecule has 2 heterocycles. The van der Waals surface area contributed by atoms with E-state index >= 15 is 0 Å². The van der Waals surface area contributed by atoms with E-state index in [1.807, 2.05) is 4.90 Å². The zero-order valence-corrected chi connectivity index (χ0v) is 17.7. The Morgan fingerprint density at radius 3 is 2.28 bits per heavy atom. The second kappa shape index (κ2) is 9.77. The molecule has 158 valence electrons. The Morgan fingerprint density at radius 1 is 0.793 bits per heavy atom. The van der Waals surface area contributed by atoms with Gasteiger partial charge in [-0.1, -0.05) is 43.2 Å². The van der Waals surface area contributed by atoms with Gasteiger partial charge in [-0.3, -0.25) is 9.59 Å². The lowest BCUT2D eigenvalue weighted by molar-refractivity contribution is -0.141. The summed E-state index contributed by atoms with van der Waals surface area (Å²) in [5.74, 6) is 1.77. The second-order valence-corrected chi connectivity index (χ2v) is 9.36. The number of benzene rings is 1. The first-order valence-corrected chi connectivity index (χ1v) is 11.8. The molecule has 0 radical (unpaired) electrons. The number of piperidine rings is 2. The maximum atomic E-state index is 12.9. The van der Waals surface area contributed by atoms with Crippen LogP contribution in [0.15, 0.2) is 30.3 Å². The van der Waals surface area contributed by atoms with Crippen LogP contribution < -0.4 is 0 Å². The van der Waals surface area contributed by atoms with Crippen LogP contribution in [0.4, 0.5) is 0 Å². The van der Waals surface area contributed by atoms with E-state index in [1.54, 1.807) is 0 Å². The maximum absolute atomic E-state index is 12.9. The van der Waals surface area contributed by atoms with E-state index < -0.39 is 0 Å². The SMILES string of the molecule is O=C(CCC(=O)N1CCCC2CCCCC21)N1CCC(Cc2ccccc2)CC1. The van der Waals surface area contributed by atoms with Crippen molar-refractivity contribution in [1.82, 2.24) is 9.80 Å². The summed E-state index contributed by atoms with van der Waals surface area (Å²) in [4.78, 5) is 29.7. The summed E-state index contributed by atoms with van der Waals surface area (Å²) < 4.78 is 0. The molecule has 1 aromatic carbocycles. The van der Waals surface area contributed by atoms with Gasteiger partial charge in [0.15, 0.2) is 0 Å². The smallest absolute Gasteiger partial charge is 0.223 e. The topological polar surface area (TPSA) is 40.6 Å². The van der Waals surface area contributed by atoms with E-state index in [4.69, 9.17) is 0 Å². The monoisotopic (exact) mass is 396 g/mol. The highest BCUT2D eigenvalue weighted by Crippen LogP contribution is 2.35. The number of hydrogen-bond acceptors (Lipinski definition) is 2. The van der Waals surface area contributed by atoms with Gasteiger partial charge in [0.1, 0.15) is 0 Å². The van der Waals surface area contributed by atoms with Crippen LogP contribution in [0.1, 0.15) is 69.8 Å². The van der Waals surface area contributed by atoms with Crippen molar-refractivity contribution in [2.24, 2.45) is 11.8 Å². The minimum absolute atomic E-state index is 0.175. The van der Waals surface area contributed by atoms with Crippen molar-refractivity contribution in [2.45, 2.75) is 76.7 Å². The molecule has 1 aliphatic carbocycles. The van der Waals surface area contributed by atoms with E-state index in [0.717, 1.165) is 45.3 Å². The molecular weight excluding hydrogens is 360 g/mol. The van der Waals surface area contributed by atoms with Gasteiger partial charge in [-0.2, -0.15) is 0 Å². The van der Waals surface area contributed by atoms with Crippen LogP contribution in [0.5, 0.6) is 0 Å². The molecule has 4 nitrogen and oxygen atoms in total. The molecule has 0 aromatic heterocycles. The molecule has 4 rings (SSSR count). The summed E-state index contributed by atoms with van der Waals surface area (Å²) in [5, 5.41) is 0. The number of nitrogens with zero attached hydrogens (tertiary/aromatic N) is 2. The Kier molecular flexibility index (Phi) is 6.89. The predicted molar refractivity (Wildman–Crippen MR) is 115 cm³/mol. The fourth-order valence-corrected chi connectivity index (χ4v) is 5.78. The molecular formula is C25H36N2O2. The van der Waals surface area contributed by atoms with Crippen molar-refractivity contribution in [3.8, 4) is 0 Å². The highest BCUT2D eigenvalue weighted by molar-refractivity contribution is 5.84. The van der Waals surface area contributed by atoms with Gasteiger partial charge in [0, 0.05) is 38.5 Å². The highest BCUT2D eigenvalue weighted by atomic mass is 16.2. The largest absolute Gasteiger partial charge is 0.343 e. The van der Waals surface area contributed by atoms with Crippen molar-refractivity contribution in [2.75, 3.05) is 19.6 Å². The highest BCUT2D eigenvalue weighted by Gasteiger charge is 2.35. The normalized spacial score (nSPS) is 25.5. The summed E-state index contributed by atoms with van der Waals surface area (Å²) in [6, 6.07) is 11.1. The summed E-state index contributed by atoms with van der Waals surface area (Å²) in [5.41, 5.74) is 1.39. The Morgan fingerprint density at radius 2 is 1.48 bits per heavy atom. The number of carbonyl (C=O) groups excluding carboxylic acids is 2. The molecule has 4 heteroatoms. The van der Waals surface area contributed by atoms with Gasteiger partial charge < -0.3 is 9.80 Å². The standard InChI is InChI=1S/C25H36N2O2/c28-24(26-17-14-21(15-18-26)19-20-7-2-1-3-8-20)12-13-25(29)27-16-6-10-22-9-4-5-11-23(22)27/h1-3,7-8,21-23H,4-6,9-19H2. The van der Waals surface area contributed by atoms with E-state index in [0.29, 0.717) is 30.7 Å². The number of rotatable bonds is 5. The van der Waals surface area contributed by atoms with Crippen LogP contribution in [0.2, 0.25) is 0 Å². The summed E-state index contributed by atoms with van der Waals surface area (Å²) in [6.07, 6.45) is 11.5. The van der Waals surface area contributed by atoms with Gasteiger partial charge >= 0.3 is 0 Å². The molecule has 2 atom stereocenters. The first kappa shape index (κ1) is 20.4. The molecule has 0 bridgehead atoms. The van der Waals surface area contributed by atoms with Crippen molar-refractivity contribution < 1.29 is 9.59 Å². The van der Waals surface area contributed by atoms with Crippen LogP contribution in [-0.4, -0.2) is 47.3 Å². The summed E-state index contributed by atoms with van der Waals surface area (Å²) in [7, 11) is 0. The third-order valence-electron chi connectivity index (χ3n) is 7.45. The fourth-order valence-electron chi connectivity index (χ4n) is 5.78. The van der Waals surface area contributed by atoms with E-state index in [2.05, 4.69) is 35.2 Å². The molecule has 2 aliphatic heterocycles. The van der Waals surface area contributed by atoms with Crippen molar-refractivity contribution in [3.05, 3.63) is 35.9 Å². The molecule has 29 heavy (non-hydrogen) atoms. The first-order chi connectivity index (χ1) is 14.2. The molecule has 3 aliphatic rings. The third kappa shape index (κ3) is 5.21.